The van der Waals surface area contributed by atoms with Gasteiger partial charge in [0.25, 0.3) is 0 Å². The first-order valence-electron chi connectivity index (χ1n) is 12.7. The SMILES string of the molecule is Cc1ccc(C2c3[nH]c4ccccc4c3C[C@H]3C(=O)N(CCCN4CCOCC4)CC(=O)N23)cc1. The number of morpholine rings is 1. The first kappa shape index (κ1) is 22.3. The molecule has 3 aliphatic rings. The van der Waals surface area contributed by atoms with Crippen LogP contribution in [0.15, 0.2) is 48.5 Å². The van der Waals surface area contributed by atoms with Crippen LogP contribution in [0.25, 0.3) is 10.9 Å². The number of nitrogens with one attached hydrogen (secondary N) is 1. The molecule has 7 heteroatoms. The lowest BCUT2D eigenvalue weighted by Crippen LogP contribution is -2.63. The van der Waals surface area contributed by atoms with E-state index in [9.17, 15) is 9.59 Å². The number of hydrogen-bond donors (Lipinski definition) is 1. The number of aromatic nitrogens is 1. The Balaban J connectivity index is 1.31. The summed E-state index contributed by atoms with van der Waals surface area (Å²) in [7, 11) is 0. The minimum atomic E-state index is -0.474. The highest BCUT2D eigenvalue weighted by Gasteiger charge is 2.48. The van der Waals surface area contributed by atoms with Gasteiger partial charge in [0.2, 0.25) is 11.8 Å². The maximum Gasteiger partial charge on any atom is 0.246 e. The number of benzene rings is 2. The zero-order chi connectivity index (χ0) is 23.9. The molecule has 2 amide bonds. The number of hydrogen-bond acceptors (Lipinski definition) is 4. The maximum atomic E-state index is 13.8. The minimum Gasteiger partial charge on any atom is -0.379 e. The van der Waals surface area contributed by atoms with Crippen molar-refractivity contribution >= 4 is 22.7 Å². The number of aryl methyl sites for hydroxylation is 1. The standard InChI is InChI=1S/C28H32N4O3/c1-19-7-9-20(10-8-19)27-26-22(21-5-2-3-6-23(21)29-26)17-24-28(34)31(18-25(33)32(24)27)12-4-11-30-13-15-35-16-14-30/h2-3,5-10,24,27,29H,4,11-18H2,1H3/t24-,27?/m0/s1. The van der Waals surface area contributed by atoms with E-state index in [0.717, 1.165) is 67.0 Å². The van der Waals surface area contributed by atoms with Gasteiger partial charge in [-0.3, -0.25) is 14.5 Å². The molecule has 182 valence electrons. The van der Waals surface area contributed by atoms with E-state index in [2.05, 4.69) is 53.2 Å². The van der Waals surface area contributed by atoms with Crippen molar-refractivity contribution in [3.63, 3.8) is 0 Å². The first-order valence-corrected chi connectivity index (χ1v) is 12.7. The number of H-pyrrole nitrogens is 1. The van der Waals surface area contributed by atoms with Crippen molar-refractivity contribution in [1.29, 1.82) is 0 Å². The average molecular weight is 473 g/mol. The molecule has 1 aromatic heterocycles. The number of aromatic amines is 1. The Morgan fingerprint density at radius 2 is 1.77 bits per heavy atom. The lowest BCUT2D eigenvalue weighted by molar-refractivity contribution is -0.158. The fraction of sp³-hybridized carbons (Fsp3) is 0.429. The molecule has 0 spiro atoms. The highest BCUT2D eigenvalue weighted by atomic mass is 16.5. The van der Waals surface area contributed by atoms with E-state index in [1.807, 2.05) is 17.0 Å². The fourth-order valence-corrected chi connectivity index (χ4v) is 5.92. The van der Waals surface area contributed by atoms with Crippen molar-refractivity contribution in [2.45, 2.75) is 31.8 Å². The summed E-state index contributed by atoms with van der Waals surface area (Å²) >= 11 is 0. The molecule has 1 unspecified atom stereocenters. The monoisotopic (exact) mass is 472 g/mol. The molecule has 2 atom stereocenters. The Morgan fingerprint density at radius 1 is 1.00 bits per heavy atom. The summed E-state index contributed by atoms with van der Waals surface area (Å²) in [6.45, 7) is 7.16. The number of para-hydroxylation sites is 1. The van der Waals surface area contributed by atoms with E-state index in [1.165, 1.54) is 5.56 Å². The molecule has 35 heavy (non-hydrogen) atoms. The molecule has 6 rings (SSSR count). The number of ether oxygens (including phenoxy) is 1. The summed E-state index contributed by atoms with van der Waals surface area (Å²) in [5.41, 5.74) is 5.45. The van der Waals surface area contributed by atoms with E-state index in [0.29, 0.717) is 13.0 Å². The van der Waals surface area contributed by atoms with Crippen molar-refractivity contribution in [2.75, 3.05) is 45.9 Å². The van der Waals surface area contributed by atoms with E-state index in [-0.39, 0.29) is 24.4 Å². The zero-order valence-electron chi connectivity index (χ0n) is 20.2. The van der Waals surface area contributed by atoms with Crippen molar-refractivity contribution in [2.24, 2.45) is 0 Å². The van der Waals surface area contributed by atoms with Crippen LogP contribution >= 0.6 is 0 Å². The summed E-state index contributed by atoms with van der Waals surface area (Å²) in [5, 5.41) is 1.14. The van der Waals surface area contributed by atoms with Gasteiger partial charge in [0.1, 0.15) is 6.04 Å². The predicted octanol–water partition coefficient (Wildman–Crippen LogP) is 2.88. The van der Waals surface area contributed by atoms with Crippen LogP contribution in [-0.2, 0) is 20.7 Å². The number of piperazine rings is 1. The van der Waals surface area contributed by atoms with Gasteiger partial charge < -0.3 is 19.5 Å². The second kappa shape index (κ2) is 9.13. The third kappa shape index (κ3) is 4.02. The molecule has 0 aliphatic carbocycles. The number of rotatable bonds is 5. The van der Waals surface area contributed by atoms with Crippen LogP contribution in [0.2, 0.25) is 0 Å². The molecule has 0 radical (unpaired) electrons. The number of fused-ring (bicyclic) bond motifs is 4. The fourth-order valence-electron chi connectivity index (χ4n) is 5.92. The second-order valence-electron chi connectivity index (χ2n) is 9.96. The second-order valence-corrected chi connectivity index (χ2v) is 9.96. The summed E-state index contributed by atoms with van der Waals surface area (Å²) in [6, 6.07) is 15.8. The molecule has 2 fully saturated rings. The molecular formula is C28H32N4O3. The summed E-state index contributed by atoms with van der Waals surface area (Å²) in [4.78, 5) is 37.0. The molecule has 7 nitrogen and oxygen atoms in total. The molecule has 3 aliphatic heterocycles. The van der Waals surface area contributed by atoms with Crippen molar-refractivity contribution < 1.29 is 14.3 Å². The van der Waals surface area contributed by atoms with Gasteiger partial charge in [0, 0.05) is 49.2 Å². The lowest BCUT2D eigenvalue weighted by Gasteiger charge is -2.47. The topological polar surface area (TPSA) is 68.9 Å². The van der Waals surface area contributed by atoms with E-state index >= 15 is 0 Å². The minimum absolute atomic E-state index is 0.0239. The van der Waals surface area contributed by atoms with Gasteiger partial charge >= 0.3 is 0 Å². The van der Waals surface area contributed by atoms with Gasteiger partial charge in [-0.2, -0.15) is 0 Å². The summed E-state index contributed by atoms with van der Waals surface area (Å²) in [5.74, 6) is 0.0930. The Morgan fingerprint density at radius 3 is 2.57 bits per heavy atom. The summed E-state index contributed by atoms with van der Waals surface area (Å²) < 4.78 is 5.43. The van der Waals surface area contributed by atoms with Crippen molar-refractivity contribution in [3.8, 4) is 0 Å². The molecule has 2 aromatic carbocycles. The van der Waals surface area contributed by atoms with Crippen LogP contribution in [0.3, 0.4) is 0 Å². The average Bonchev–Trinajstić information content (AvgIpc) is 3.25. The van der Waals surface area contributed by atoms with Gasteiger partial charge in [-0.15, -0.1) is 0 Å². The maximum absolute atomic E-state index is 13.8. The Labute approximate surface area is 205 Å². The van der Waals surface area contributed by atoms with Gasteiger partial charge in [-0.25, -0.2) is 0 Å². The molecule has 3 aromatic rings. The quantitative estimate of drug-likeness (QED) is 0.620. The molecular weight excluding hydrogens is 440 g/mol. The Hall–Kier alpha value is -3.16. The van der Waals surface area contributed by atoms with Crippen molar-refractivity contribution in [3.05, 3.63) is 70.9 Å². The van der Waals surface area contributed by atoms with Crippen LogP contribution in [0.1, 0.15) is 34.8 Å². The normalized spacial score (nSPS) is 23.0. The Bertz CT molecular complexity index is 1240. The van der Waals surface area contributed by atoms with Crippen LogP contribution < -0.4 is 0 Å². The highest BCUT2D eigenvalue weighted by molar-refractivity contribution is 5.97. The smallest absolute Gasteiger partial charge is 0.246 e. The van der Waals surface area contributed by atoms with Crippen molar-refractivity contribution in [1.82, 2.24) is 19.7 Å². The molecule has 2 saturated heterocycles. The number of carbonyl (C=O) groups is 2. The lowest BCUT2D eigenvalue weighted by atomic mass is 9.86. The van der Waals surface area contributed by atoms with Crippen LogP contribution in [0.4, 0.5) is 0 Å². The molecule has 4 heterocycles. The Kier molecular flexibility index (Phi) is 5.82. The highest BCUT2D eigenvalue weighted by Crippen LogP contribution is 2.42. The third-order valence-corrected chi connectivity index (χ3v) is 7.74. The molecule has 1 N–H and O–H groups in total. The summed E-state index contributed by atoms with van der Waals surface area (Å²) in [6.07, 6.45) is 1.41. The van der Waals surface area contributed by atoms with Gasteiger partial charge in [-0.1, -0.05) is 48.0 Å². The van der Waals surface area contributed by atoms with Gasteiger partial charge in [0.05, 0.1) is 25.8 Å². The van der Waals surface area contributed by atoms with E-state index in [4.69, 9.17) is 4.74 Å². The molecule has 0 saturated carbocycles. The van der Waals surface area contributed by atoms with Gasteiger partial charge in [-0.05, 0) is 30.5 Å². The molecule has 0 bridgehead atoms. The largest absolute Gasteiger partial charge is 0.379 e. The van der Waals surface area contributed by atoms with Gasteiger partial charge in [0.15, 0.2) is 0 Å². The van der Waals surface area contributed by atoms with Crippen LogP contribution in [0, 0.1) is 6.92 Å². The number of amides is 2. The number of nitrogens with zero attached hydrogens (tertiary/aromatic N) is 3. The first-order chi connectivity index (χ1) is 17.1. The number of carbonyl (C=O) groups excluding carboxylic acids is 2. The van der Waals surface area contributed by atoms with E-state index in [1.54, 1.807) is 4.90 Å². The van der Waals surface area contributed by atoms with Crippen LogP contribution in [-0.4, -0.2) is 83.5 Å². The zero-order valence-corrected chi connectivity index (χ0v) is 20.2. The third-order valence-electron chi connectivity index (χ3n) is 7.74. The predicted molar refractivity (Wildman–Crippen MR) is 134 cm³/mol. The van der Waals surface area contributed by atoms with E-state index < -0.39 is 6.04 Å². The van der Waals surface area contributed by atoms with Crippen LogP contribution in [0.5, 0.6) is 0 Å².